The van der Waals surface area contributed by atoms with Gasteiger partial charge in [0.15, 0.2) is 0 Å². The standard InChI is InChI=1S/C12H26O3/c1-2-3-4-5-6-7-8-12(9-13,10-14)11-15/h13-15H,2-11H2,1H3. The normalized spacial score (nSPS) is 12.0. The number of aliphatic hydroxyl groups is 3. The number of hydrogen-bond donors (Lipinski definition) is 3. The Kier molecular flexibility index (Phi) is 9.06. The van der Waals surface area contributed by atoms with Gasteiger partial charge in [0.25, 0.3) is 0 Å². The molecular formula is C12H26O3. The summed E-state index contributed by atoms with van der Waals surface area (Å²) < 4.78 is 0. The Hall–Kier alpha value is -0.120. The summed E-state index contributed by atoms with van der Waals surface area (Å²) in [5, 5.41) is 27.3. The zero-order valence-corrected chi connectivity index (χ0v) is 9.91. The smallest absolute Gasteiger partial charge is 0.0531 e. The molecule has 0 saturated carbocycles. The molecule has 0 aliphatic carbocycles. The Morgan fingerprint density at radius 2 is 1.20 bits per heavy atom. The maximum atomic E-state index is 9.10. The molecular weight excluding hydrogens is 192 g/mol. The average molecular weight is 218 g/mol. The van der Waals surface area contributed by atoms with Crippen molar-refractivity contribution in [2.75, 3.05) is 19.8 Å². The predicted molar refractivity (Wildman–Crippen MR) is 61.7 cm³/mol. The van der Waals surface area contributed by atoms with Crippen molar-refractivity contribution in [3.05, 3.63) is 0 Å². The maximum Gasteiger partial charge on any atom is 0.0531 e. The largest absolute Gasteiger partial charge is 0.396 e. The van der Waals surface area contributed by atoms with Crippen LogP contribution in [0.3, 0.4) is 0 Å². The van der Waals surface area contributed by atoms with Gasteiger partial charge in [-0.15, -0.1) is 0 Å². The van der Waals surface area contributed by atoms with Gasteiger partial charge in [-0.3, -0.25) is 0 Å². The van der Waals surface area contributed by atoms with Gasteiger partial charge in [-0.2, -0.15) is 0 Å². The molecule has 0 aromatic carbocycles. The summed E-state index contributed by atoms with van der Waals surface area (Å²) in [7, 11) is 0. The van der Waals surface area contributed by atoms with Gasteiger partial charge in [0.1, 0.15) is 0 Å². The minimum atomic E-state index is -0.662. The first-order valence-corrected chi connectivity index (χ1v) is 6.07. The van der Waals surface area contributed by atoms with E-state index in [0.717, 1.165) is 12.8 Å². The van der Waals surface area contributed by atoms with Crippen LogP contribution in [0.4, 0.5) is 0 Å². The molecule has 0 aromatic heterocycles. The van der Waals surface area contributed by atoms with E-state index in [1.54, 1.807) is 0 Å². The van der Waals surface area contributed by atoms with E-state index in [4.69, 9.17) is 15.3 Å². The van der Waals surface area contributed by atoms with Gasteiger partial charge in [-0.25, -0.2) is 0 Å². The molecule has 3 nitrogen and oxygen atoms in total. The zero-order chi connectivity index (χ0) is 11.6. The van der Waals surface area contributed by atoms with Crippen LogP contribution in [-0.2, 0) is 0 Å². The summed E-state index contributed by atoms with van der Waals surface area (Å²) in [6.45, 7) is 1.80. The van der Waals surface area contributed by atoms with Gasteiger partial charge in [-0.05, 0) is 6.42 Å². The molecule has 92 valence electrons. The van der Waals surface area contributed by atoms with Crippen molar-refractivity contribution in [1.82, 2.24) is 0 Å². The molecule has 0 fully saturated rings. The molecule has 0 spiro atoms. The lowest BCUT2D eigenvalue weighted by atomic mass is 9.85. The predicted octanol–water partition coefficient (Wildman–Crippen LogP) is 1.70. The monoisotopic (exact) mass is 218 g/mol. The van der Waals surface area contributed by atoms with E-state index < -0.39 is 5.41 Å². The van der Waals surface area contributed by atoms with Crippen LogP contribution in [-0.4, -0.2) is 35.1 Å². The molecule has 0 amide bonds. The zero-order valence-electron chi connectivity index (χ0n) is 9.91. The fraction of sp³-hybridized carbons (Fsp3) is 1.00. The minimum Gasteiger partial charge on any atom is -0.396 e. The van der Waals surface area contributed by atoms with Crippen LogP contribution in [0, 0.1) is 5.41 Å². The molecule has 0 radical (unpaired) electrons. The van der Waals surface area contributed by atoms with Gasteiger partial charge in [0, 0.05) is 5.41 Å². The molecule has 3 heteroatoms. The summed E-state index contributed by atoms with van der Waals surface area (Å²) in [5.41, 5.74) is -0.662. The van der Waals surface area contributed by atoms with E-state index in [9.17, 15) is 0 Å². The lowest BCUT2D eigenvalue weighted by Gasteiger charge is -2.27. The summed E-state index contributed by atoms with van der Waals surface area (Å²) in [6.07, 6.45) is 7.82. The van der Waals surface area contributed by atoms with E-state index in [0.29, 0.717) is 6.42 Å². The van der Waals surface area contributed by atoms with Crippen molar-refractivity contribution in [1.29, 1.82) is 0 Å². The molecule has 0 unspecified atom stereocenters. The van der Waals surface area contributed by atoms with Crippen LogP contribution < -0.4 is 0 Å². The third kappa shape index (κ3) is 6.13. The van der Waals surface area contributed by atoms with E-state index in [1.165, 1.54) is 25.7 Å². The minimum absolute atomic E-state index is 0.130. The Morgan fingerprint density at radius 3 is 1.67 bits per heavy atom. The van der Waals surface area contributed by atoms with E-state index >= 15 is 0 Å². The first-order valence-electron chi connectivity index (χ1n) is 6.07. The van der Waals surface area contributed by atoms with E-state index in [1.807, 2.05) is 0 Å². The molecule has 0 aliphatic heterocycles. The first-order chi connectivity index (χ1) is 7.24. The van der Waals surface area contributed by atoms with Crippen LogP contribution in [0.2, 0.25) is 0 Å². The van der Waals surface area contributed by atoms with Crippen LogP contribution in [0.15, 0.2) is 0 Å². The SMILES string of the molecule is CCCCCCCCC(CO)(CO)CO. The molecule has 3 N–H and O–H groups in total. The summed E-state index contributed by atoms with van der Waals surface area (Å²) in [6, 6.07) is 0. The molecule has 0 heterocycles. The number of rotatable bonds is 10. The van der Waals surface area contributed by atoms with Crippen molar-refractivity contribution in [3.63, 3.8) is 0 Å². The lowest BCUT2D eigenvalue weighted by molar-refractivity contribution is -0.00229. The highest BCUT2D eigenvalue weighted by Gasteiger charge is 2.26. The second-order valence-electron chi connectivity index (χ2n) is 4.49. The first kappa shape index (κ1) is 14.9. The van der Waals surface area contributed by atoms with Gasteiger partial charge < -0.3 is 15.3 Å². The average Bonchev–Trinajstić information content (AvgIpc) is 2.29. The van der Waals surface area contributed by atoms with Crippen LogP contribution in [0.5, 0.6) is 0 Å². The Bertz CT molecular complexity index is 125. The van der Waals surface area contributed by atoms with Crippen molar-refractivity contribution in [2.45, 2.75) is 51.9 Å². The highest BCUT2D eigenvalue weighted by atomic mass is 16.3. The lowest BCUT2D eigenvalue weighted by Crippen LogP contribution is -2.33. The van der Waals surface area contributed by atoms with Gasteiger partial charge in [-0.1, -0.05) is 45.4 Å². The molecule has 0 bridgehead atoms. The molecule has 0 aliphatic rings. The third-order valence-electron chi connectivity index (χ3n) is 3.07. The fourth-order valence-electron chi connectivity index (χ4n) is 1.67. The highest BCUT2D eigenvalue weighted by molar-refractivity contribution is 4.76. The summed E-state index contributed by atoms with van der Waals surface area (Å²) in [5.74, 6) is 0. The summed E-state index contributed by atoms with van der Waals surface area (Å²) in [4.78, 5) is 0. The van der Waals surface area contributed by atoms with Crippen molar-refractivity contribution >= 4 is 0 Å². The topological polar surface area (TPSA) is 60.7 Å². The van der Waals surface area contributed by atoms with E-state index in [-0.39, 0.29) is 19.8 Å². The maximum absolute atomic E-state index is 9.10. The van der Waals surface area contributed by atoms with Crippen LogP contribution in [0.1, 0.15) is 51.9 Å². The Morgan fingerprint density at radius 1 is 0.733 bits per heavy atom. The second-order valence-corrected chi connectivity index (χ2v) is 4.49. The molecule has 0 saturated heterocycles. The Labute approximate surface area is 93.1 Å². The van der Waals surface area contributed by atoms with Gasteiger partial charge in [0.2, 0.25) is 0 Å². The molecule has 15 heavy (non-hydrogen) atoms. The third-order valence-corrected chi connectivity index (χ3v) is 3.07. The fourth-order valence-corrected chi connectivity index (χ4v) is 1.67. The quantitative estimate of drug-likeness (QED) is 0.489. The molecule has 0 aromatic rings. The molecule has 0 atom stereocenters. The highest BCUT2D eigenvalue weighted by Crippen LogP contribution is 2.23. The van der Waals surface area contributed by atoms with Crippen molar-refractivity contribution in [2.24, 2.45) is 5.41 Å². The van der Waals surface area contributed by atoms with Gasteiger partial charge in [0.05, 0.1) is 19.8 Å². The van der Waals surface area contributed by atoms with Gasteiger partial charge >= 0.3 is 0 Å². The Balaban J connectivity index is 3.54. The number of hydrogen-bond acceptors (Lipinski definition) is 3. The summed E-state index contributed by atoms with van der Waals surface area (Å²) >= 11 is 0. The van der Waals surface area contributed by atoms with Crippen LogP contribution in [0.25, 0.3) is 0 Å². The van der Waals surface area contributed by atoms with Crippen molar-refractivity contribution < 1.29 is 15.3 Å². The number of unbranched alkanes of at least 4 members (excludes halogenated alkanes) is 5. The van der Waals surface area contributed by atoms with Crippen LogP contribution >= 0.6 is 0 Å². The molecule has 0 rings (SSSR count). The van der Waals surface area contributed by atoms with E-state index in [2.05, 4.69) is 6.92 Å². The number of aliphatic hydroxyl groups excluding tert-OH is 3. The second kappa shape index (κ2) is 9.13. The van der Waals surface area contributed by atoms with Crippen molar-refractivity contribution in [3.8, 4) is 0 Å².